The van der Waals surface area contributed by atoms with Crippen molar-refractivity contribution in [2.75, 3.05) is 26.4 Å². The molecule has 0 aromatic heterocycles. The average Bonchev–Trinajstić information content (AvgIpc) is 3.43. The van der Waals surface area contributed by atoms with Gasteiger partial charge in [0.05, 0.1) is 38.3 Å². The molecular formula is C21H27N3O6. The summed E-state index contributed by atoms with van der Waals surface area (Å²) in [5.41, 5.74) is 0.0285. The molecule has 9 nitrogen and oxygen atoms in total. The van der Waals surface area contributed by atoms with Gasteiger partial charge in [-0.05, 0) is 25.8 Å². The van der Waals surface area contributed by atoms with Crippen LogP contribution in [0.25, 0.3) is 0 Å². The SMILES string of the molecule is C[C@H](NC(=O)C1COC1)C(=O)NCC(=O)N[C@@H](Cc1ccccc1)C(=O)[C@@]1(C)CO1. The van der Waals surface area contributed by atoms with Crippen LogP contribution in [-0.4, -0.2) is 67.6 Å². The maximum Gasteiger partial charge on any atom is 0.242 e. The largest absolute Gasteiger partial charge is 0.380 e. The molecule has 30 heavy (non-hydrogen) atoms. The van der Waals surface area contributed by atoms with E-state index in [4.69, 9.17) is 9.47 Å². The number of carbonyl (C=O) groups excluding carboxylic acids is 4. The minimum absolute atomic E-state index is 0.200. The van der Waals surface area contributed by atoms with Crippen LogP contribution in [0.2, 0.25) is 0 Å². The van der Waals surface area contributed by atoms with Crippen molar-refractivity contribution < 1.29 is 28.7 Å². The van der Waals surface area contributed by atoms with Crippen LogP contribution in [0.3, 0.4) is 0 Å². The molecule has 3 N–H and O–H groups in total. The van der Waals surface area contributed by atoms with Crippen molar-refractivity contribution in [3.8, 4) is 0 Å². The third-order valence-electron chi connectivity index (χ3n) is 5.22. The van der Waals surface area contributed by atoms with Crippen LogP contribution < -0.4 is 16.0 Å². The van der Waals surface area contributed by atoms with Gasteiger partial charge < -0.3 is 25.4 Å². The molecule has 2 heterocycles. The van der Waals surface area contributed by atoms with Gasteiger partial charge in [-0.2, -0.15) is 0 Å². The fourth-order valence-electron chi connectivity index (χ4n) is 3.03. The van der Waals surface area contributed by atoms with Crippen molar-refractivity contribution in [2.45, 2.75) is 38.0 Å². The zero-order valence-electron chi connectivity index (χ0n) is 17.1. The molecule has 3 atom stereocenters. The summed E-state index contributed by atoms with van der Waals surface area (Å²) in [6.45, 7) is 3.95. The van der Waals surface area contributed by atoms with E-state index in [1.165, 1.54) is 6.92 Å². The Morgan fingerprint density at radius 2 is 1.80 bits per heavy atom. The quantitative estimate of drug-likeness (QED) is 0.434. The van der Waals surface area contributed by atoms with E-state index in [0.717, 1.165) is 5.56 Å². The Hall–Kier alpha value is -2.78. The zero-order chi connectivity index (χ0) is 21.7. The van der Waals surface area contributed by atoms with Crippen molar-refractivity contribution >= 4 is 23.5 Å². The van der Waals surface area contributed by atoms with Gasteiger partial charge in [0.25, 0.3) is 0 Å². The normalized spacial score (nSPS) is 22.2. The van der Waals surface area contributed by atoms with Gasteiger partial charge in [0.2, 0.25) is 17.7 Å². The van der Waals surface area contributed by atoms with Crippen LogP contribution in [0.5, 0.6) is 0 Å². The third kappa shape index (κ3) is 5.64. The highest BCUT2D eigenvalue weighted by Crippen LogP contribution is 2.29. The molecular weight excluding hydrogens is 390 g/mol. The van der Waals surface area contributed by atoms with Crippen LogP contribution in [0, 0.1) is 5.92 Å². The van der Waals surface area contributed by atoms with E-state index < -0.39 is 29.5 Å². The second kappa shape index (κ2) is 9.36. The molecule has 2 aliphatic rings. The van der Waals surface area contributed by atoms with Gasteiger partial charge in [0, 0.05) is 0 Å². The first-order chi connectivity index (χ1) is 14.3. The number of nitrogens with one attached hydrogen (secondary N) is 3. The third-order valence-corrected chi connectivity index (χ3v) is 5.22. The lowest BCUT2D eigenvalue weighted by Gasteiger charge is -2.26. The van der Waals surface area contributed by atoms with Crippen LogP contribution in [0.15, 0.2) is 30.3 Å². The number of carbonyl (C=O) groups is 4. The summed E-state index contributed by atoms with van der Waals surface area (Å²) in [4.78, 5) is 49.2. The van der Waals surface area contributed by atoms with E-state index in [0.29, 0.717) is 26.2 Å². The fraction of sp³-hybridized carbons (Fsp3) is 0.524. The Bertz CT molecular complexity index is 804. The van der Waals surface area contributed by atoms with Crippen LogP contribution in [-0.2, 0) is 35.1 Å². The Balaban J connectivity index is 1.50. The van der Waals surface area contributed by atoms with E-state index in [1.807, 2.05) is 30.3 Å². The Morgan fingerprint density at radius 3 is 2.37 bits per heavy atom. The summed E-state index contributed by atoms with van der Waals surface area (Å²) in [6, 6.07) is 7.80. The molecule has 0 bridgehead atoms. The van der Waals surface area contributed by atoms with Gasteiger partial charge in [-0.25, -0.2) is 0 Å². The van der Waals surface area contributed by atoms with Gasteiger partial charge in [-0.1, -0.05) is 30.3 Å². The van der Waals surface area contributed by atoms with Gasteiger partial charge in [-0.3, -0.25) is 19.2 Å². The Kier molecular flexibility index (Phi) is 6.84. The lowest BCUT2D eigenvalue weighted by molar-refractivity contribution is -0.141. The van der Waals surface area contributed by atoms with Crippen molar-refractivity contribution in [2.24, 2.45) is 5.92 Å². The first-order valence-electron chi connectivity index (χ1n) is 9.96. The molecule has 0 spiro atoms. The van der Waals surface area contributed by atoms with E-state index >= 15 is 0 Å². The summed E-state index contributed by atoms with van der Waals surface area (Å²) in [6.07, 6.45) is 0.328. The number of epoxide rings is 1. The number of hydrogen-bond acceptors (Lipinski definition) is 6. The standard InChI is InChI=1S/C21H27N3O6/c1-13(23-20(28)15-10-29-11-15)19(27)22-9-17(25)24-16(18(26)21(2)12-30-21)8-14-6-4-3-5-7-14/h3-7,13,15-16H,8-12H2,1-2H3,(H,22,27)(H,23,28)(H,24,25)/t13-,16-,21+/m0/s1. The lowest BCUT2D eigenvalue weighted by Crippen LogP contribution is -2.53. The van der Waals surface area contributed by atoms with Crippen molar-refractivity contribution in [3.63, 3.8) is 0 Å². The lowest BCUT2D eigenvalue weighted by atomic mass is 9.95. The number of ether oxygens (including phenoxy) is 2. The maximum absolute atomic E-state index is 12.7. The molecule has 0 aliphatic carbocycles. The number of rotatable bonds is 10. The maximum atomic E-state index is 12.7. The van der Waals surface area contributed by atoms with Gasteiger partial charge >= 0.3 is 0 Å². The predicted octanol–water partition coefficient (Wildman–Crippen LogP) is -0.661. The minimum atomic E-state index is -0.875. The summed E-state index contributed by atoms with van der Waals surface area (Å²) in [7, 11) is 0. The van der Waals surface area contributed by atoms with E-state index in [2.05, 4.69) is 16.0 Å². The van der Waals surface area contributed by atoms with Crippen LogP contribution in [0.4, 0.5) is 0 Å². The first-order valence-corrected chi connectivity index (χ1v) is 9.96. The summed E-state index contributed by atoms with van der Waals surface area (Å²) in [5, 5.41) is 7.77. The van der Waals surface area contributed by atoms with Gasteiger partial charge in [0.15, 0.2) is 5.78 Å². The molecule has 0 saturated carbocycles. The number of amides is 3. The number of hydrogen-bond donors (Lipinski definition) is 3. The second-order valence-corrected chi connectivity index (χ2v) is 7.88. The van der Waals surface area contributed by atoms with E-state index in [9.17, 15) is 19.2 Å². The number of benzene rings is 1. The fourth-order valence-corrected chi connectivity index (χ4v) is 3.03. The molecule has 2 aliphatic heterocycles. The van der Waals surface area contributed by atoms with Crippen LogP contribution in [0.1, 0.15) is 19.4 Å². The zero-order valence-corrected chi connectivity index (χ0v) is 17.1. The molecule has 0 radical (unpaired) electrons. The van der Waals surface area contributed by atoms with Crippen LogP contribution >= 0.6 is 0 Å². The van der Waals surface area contributed by atoms with Gasteiger partial charge in [-0.15, -0.1) is 0 Å². The van der Waals surface area contributed by atoms with E-state index in [1.54, 1.807) is 6.92 Å². The van der Waals surface area contributed by atoms with E-state index in [-0.39, 0.29) is 24.2 Å². The molecule has 1 aromatic rings. The molecule has 162 valence electrons. The van der Waals surface area contributed by atoms with Crippen molar-refractivity contribution in [1.29, 1.82) is 0 Å². The molecule has 2 fully saturated rings. The highest BCUT2D eigenvalue weighted by atomic mass is 16.6. The van der Waals surface area contributed by atoms with Gasteiger partial charge in [0.1, 0.15) is 11.6 Å². The molecule has 9 heteroatoms. The Morgan fingerprint density at radius 1 is 1.13 bits per heavy atom. The molecule has 2 saturated heterocycles. The summed E-state index contributed by atoms with van der Waals surface area (Å²) >= 11 is 0. The van der Waals surface area contributed by atoms with Crippen molar-refractivity contribution in [3.05, 3.63) is 35.9 Å². The first kappa shape index (κ1) is 21.9. The second-order valence-electron chi connectivity index (χ2n) is 7.88. The summed E-state index contributed by atoms with van der Waals surface area (Å²) < 4.78 is 10.2. The smallest absolute Gasteiger partial charge is 0.242 e. The Labute approximate surface area is 174 Å². The molecule has 0 unspecified atom stereocenters. The number of ketones is 1. The monoisotopic (exact) mass is 417 g/mol. The average molecular weight is 417 g/mol. The molecule has 1 aromatic carbocycles. The number of Topliss-reactive ketones (excluding diaryl/α,β-unsaturated/α-hetero) is 1. The minimum Gasteiger partial charge on any atom is -0.380 e. The van der Waals surface area contributed by atoms with Crippen molar-refractivity contribution in [1.82, 2.24) is 16.0 Å². The highest BCUT2D eigenvalue weighted by Gasteiger charge is 2.50. The summed E-state index contributed by atoms with van der Waals surface area (Å²) in [5.74, 6) is -1.66. The highest BCUT2D eigenvalue weighted by molar-refractivity contribution is 5.97. The molecule has 3 amide bonds. The molecule has 3 rings (SSSR count). The topological polar surface area (TPSA) is 126 Å². The predicted molar refractivity (Wildman–Crippen MR) is 106 cm³/mol.